The third-order valence-electron chi connectivity index (χ3n) is 2.90. The Balaban J connectivity index is 1.96. The number of nitrogens with one attached hydrogen (secondary N) is 1. The van der Waals surface area contributed by atoms with Crippen molar-refractivity contribution >= 4 is 17.4 Å². The largest absolute Gasteiger partial charge is 0.399 e. The first-order valence-corrected chi connectivity index (χ1v) is 6.18. The molecule has 0 aromatic heterocycles. The fourth-order valence-corrected chi connectivity index (χ4v) is 1.95. The number of carbonyl (C=O) groups is 1. The van der Waals surface area contributed by atoms with Crippen LogP contribution in [0.3, 0.4) is 0 Å². The van der Waals surface area contributed by atoms with Crippen LogP contribution in [0.15, 0.2) is 24.3 Å². The Labute approximate surface area is 107 Å². The Morgan fingerprint density at radius 3 is 2.89 bits per heavy atom. The first kappa shape index (κ1) is 12.7. The maximum atomic E-state index is 12.1. The molecule has 0 aliphatic carbocycles. The highest BCUT2D eigenvalue weighted by Crippen LogP contribution is 2.12. The van der Waals surface area contributed by atoms with Gasteiger partial charge in [-0.05, 0) is 37.6 Å². The molecule has 0 radical (unpaired) electrons. The van der Waals surface area contributed by atoms with Crippen molar-refractivity contribution in [1.82, 2.24) is 4.90 Å². The van der Waals surface area contributed by atoms with Gasteiger partial charge in [0, 0.05) is 31.1 Å². The number of carbonyl (C=O) groups excluding carboxylic acids is 1. The van der Waals surface area contributed by atoms with Crippen LogP contribution in [0.25, 0.3) is 0 Å². The zero-order valence-corrected chi connectivity index (χ0v) is 10.6. The number of amides is 2. The number of hydrogen-bond donors (Lipinski definition) is 2. The second kappa shape index (κ2) is 5.73. The van der Waals surface area contributed by atoms with E-state index in [4.69, 9.17) is 10.5 Å². The maximum Gasteiger partial charge on any atom is 0.321 e. The molecule has 5 heteroatoms. The van der Waals surface area contributed by atoms with Gasteiger partial charge < -0.3 is 20.7 Å². The topological polar surface area (TPSA) is 67.6 Å². The van der Waals surface area contributed by atoms with Crippen molar-refractivity contribution in [2.75, 3.05) is 30.7 Å². The van der Waals surface area contributed by atoms with E-state index in [0.29, 0.717) is 18.8 Å². The summed E-state index contributed by atoms with van der Waals surface area (Å²) in [6.07, 6.45) is 0.962. The molecule has 1 aromatic rings. The summed E-state index contributed by atoms with van der Waals surface area (Å²) >= 11 is 0. The smallest absolute Gasteiger partial charge is 0.321 e. The highest BCUT2D eigenvalue weighted by Gasteiger charge is 2.19. The van der Waals surface area contributed by atoms with Crippen molar-refractivity contribution in [1.29, 1.82) is 0 Å². The molecule has 1 unspecified atom stereocenters. The Bertz CT molecular complexity index is 405. The van der Waals surface area contributed by atoms with Crippen LogP contribution in [0.4, 0.5) is 16.2 Å². The molecule has 1 fully saturated rings. The number of nitrogens with zero attached hydrogens (tertiary/aromatic N) is 1. The average molecular weight is 249 g/mol. The molecule has 1 saturated heterocycles. The molecule has 5 nitrogen and oxygen atoms in total. The molecule has 0 spiro atoms. The van der Waals surface area contributed by atoms with Gasteiger partial charge in [0.2, 0.25) is 0 Å². The van der Waals surface area contributed by atoms with Gasteiger partial charge in [0.05, 0.1) is 6.10 Å². The third kappa shape index (κ3) is 3.37. The summed E-state index contributed by atoms with van der Waals surface area (Å²) in [5.74, 6) is 0. The summed E-state index contributed by atoms with van der Waals surface area (Å²) in [4.78, 5) is 13.9. The quantitative estimate of drug-likeness (QED) is 0.747. The molecule has 2 amide bonds. The Morgan fingerprint density at radius 2 is 2.17 bits per heavy atom. The van der Waals surface area contributed by atoms with Crippen molar-refractivity contribution in [3.63, 3.8) is 0 Å². The summed E-state index contributed by atoms with van der Waals surface area (Å²) in [7, 11) is 0. The van der Waals surface area contributed by atoms with E-state index in [2.05, 4.69) is 5.32 Å². The molecule has 1 heterocycles. The van der Waals surface area contributed by atoms with E-state index in [1.165, 1.54) is 0 Å². The standard InChI is InChI=1S/C13H19N3O2/c1-10-9-16(7-2-8-18-10)13(17)15-12-5-3-11(14)4-6-12/h3-6,10H,2,7-9,14H2,1H3,(H,15,17). The van der Waals surface area contributed by atoms with E-state index in [-0.39, 0.29) is 12.1 Å². The zero-order chi connectivity index (χ0) is 13.0. The van der Waals surface area contributed by atoms with Crippen molar-refractivity contribution < 1.29 is 9.53 Å². The van der Waals surface area contributed by atoms with Crippen LogP contribution in [0.2, 0.25) is 0 Å². The van der Waals surface area contributed by atoms with E-state index in [1.54, 1.807) is 29.2 Å². The second-order valence-electron chi connectivity index (χ2n) is 4.53. The average Bonchev–Trinajstić information content (AvgIpc) is 2.57. The van der Waals surface area contributed by atoms with Gasteiger partial charge in [0.25, 0.3) is 0 Å². The lowest BCUT2D eigenvalue weighted by atomic mass is 10.3. The lowest BCUT2D eigenvalue weighted by Gasteiger charge is -2.22. The van der Waals surface area contributed by atoms with Crippen molar-refractivity contribution in [3.8, 4) is 0 Å². The van der Waals surface area contributed by atoms with Gasteiger partial charge in [0.15, 0.2) is 0 Å². The number of nitrogens with two attached hydrogens (primary N) is 1. The van der Waals surface area contributed by atoms with Crippen LogP contribution in [-0.4, -0.2) is 36.7 Å². The van der Waals surface area contributed by atoms with Gasteiger partial charge >= 0.3 is 6.03 Å². The molecule has 1 aliphatic rings. The summed E-state index contributed by atoms with van der Waals surface area (Å²) in [5.41, 5.74) is 7.04. The molecule has 0 saturated carbocycles. The number of benzene rings is 1. The van der Waals surface area contributed by atoms with Gasteiger partial charge in [-0.2, -0.15) is 0 Å². The van der Waals surface area contributed by atoms with Crippen LogP contribution < -0.4 is 11.1 Å². The Kier molecular flexibility index (Phi) is 4.04. The van der Waals surface area contributed by atoms with Crippen LogP contribution in [0.5, 0.6) is 0 Å². The first-order valence-electron chi connectivity index (χ1n) is 6.18. The summed E-state index contributed by atoms with van der Waals surface area (Å²) in [5, 5.41) is 2.86. The monoisotopic (exact) mass is 249 g/mol. The lowest BCUT2D eigenvalue weighted by Crippen LogP contribution is -2.38. The maximum absolute atomic E-state index is 12.1. The van der Waals surface area contributed by atoms with E-state index in [9.17, 15) is 4.79 Å². The Hall–Kier alpha value is -1.75. The Morgan fingerprint density at radius 1 is 1.44 bits per heavy atom. The molecule has 3 N–H and O–H groups in total. The predicted molar refractivity (Wildman–Crippen MR) is 71.5 cm³/mol. The molecular weight excluding hydrogens is 230 g/mol. The molecule has 1 atom stereocenters. The third-order valence-corrected chi connectivity index (χ3v) is 2.90. The fraction of sp³-hybridized carbons (Fsp3) is 0.462. The fourth-order valence-electron chi connectivity index (χ4n) is 1.95. The van der Waals surface area contributed by atoms with E-state index >= 15 is 0 Å². The van der Waals surface area contributed by atoms with E-state index in [0.717, 1.165) is 18.7 Å². The van der Waals surface area contributed by atoms with E-state index < -0.39 is 0 Å². The van der Waals surface area contributed by atoms with Crippen molar-refractivity contribution in [2.24, 2.45) is 0 Å². The first-order chi connectivity index (χ1) is 8.65. The van der Waals surface area contributed by atoms with Crippen LogP contribution in [-0.2, 0) is 4.74 Å². The summed E-state index contributed by atoms with van der Waals surface area (Å²) in [6, 6.07) is 7.04. The number of hydrogen-bond acceptors (Lipinski definition) is 3. The number of ether oxygens (including phenoxy) is 1. The highest BCUT2D eigenvalue weighted by atomic mass is 16.5. The summed E-state index contributed by atoms with van der Waals surface area (Å²) in [6.45, 7) is 4.05. The van der Waals surface area contributed by atoms with Gasteiger partial charge in [-0.3, -0.25) is 0 Å². The van der Waals surface area contributed by atoms with Crippen LogP contribution in [0, 0.1) is 0 Å². The minimum Gasteiger partial charge on any atom is -0.399 e. The predicted octanol–water partition coefficient (Wildman–Crippen LogP) is 1.91. The number of nitrogen functional groups attached to an aromatic ring is 1. The normalized spacial score (nSPS) is 20.3. The molecule has 1 aliphatic heterocycles. The highest BCUT2D eigenvalue weighted by molar-refractivity contribution is 5.89. The van der Waals surface area contributed by atoms with E-state index in [1.807, 2.05) is 6.92 Å². The van der Waals surface area contributed by atoms with Gasteiger partial charge in [0.1, 0.15) is 0 Å². The minimum atomic E-state index is -0.0860. The number of urea groups is 1. The molecule has 2 rings (SSSR count). The minimum absolute atomic E-state index is 0.0860. The lowest BCUT2D eigenvalue weighted by molar-refractivity contribution is 0.0718. The van der Waals surface area contributed by atoms with Crippen molar-refractivity contribution in [2.45, 2.75) is 19.4 Å². The van der Waals surface area contributed by atoms with Crippen molar-refractivity contribution in [3.05, 3.63) is 24.3 Å². The molecule has 0 bridgehead atoms. The summed E-state index contributed by atoms with van der Waals surface area (Å²) < 4.78 is 5.51. The van der Waals surface area contributed by atoms with Gasteiger partial charge in [-0.15, -0.1) is 0 Å². The number of rotatable bonds is 1. The van der Waals surface area contributed by atoms with Crippen LogP contribution in [0.1, 0.15) is 13.3 Å². The second-order valence-corrected chi connectivity index (χ2v) is 4.53. The molecule has 1 aromatic carbocycles. The van der Waals surface area contributed by atoms with Gasteiger partial charge in [-0.1, -0.05) is 0 Å². The SMILES string of the molecule is CC1CN(C(=O)Nc2ccc(N)cc2)CCCO1. The zero-order valence-electron chi connectivity index (χ0n) is 10.6. The molecular formula is C13H19N3O2. The van der Waals surface area contributed by atoms with Crippen LogP contribution >= 0.6 is 0 Å². The molecule has 98 valence electrons. The van der Waals surface area contributed by atoms with Gasteiger partial charge in [-0.25, -0.2) is 4.79 Å². The molecule has 18 heavy (non-hydrogen) atoms. The number of anilines is 2.